The van der Waals surface area contributed by atoms with Crippen molar-refractivity contribution in [1.82, 2.24) is 0 Å². The van der Waals surface area contributed by atoms with Crippen molar-refractivity contribution in [3.63, 3.8) is 0 Å². The number of hydrogen-bond donors (Lipinski definition) is 4. The number of carbonyl (C=O) groups is 1. The summed E-state index contributed by atoms with van der Waals surface area (Å²) in [6.45, 7) is -0.883. The van der Waals surface area contributed by atoms with Crippen molar-refractivity contribution in [3.05, 3.63) is 76.4 Å². The van der Waals surface area contributed by atoms with Gasteiger partial charge in [0.15, 0.2) is 5.78 Å². The van der Waals surface area contributed by atoms with Gasteiger partial charge in [-0.15, -0.1) is 0 Å². The van der Waals surface area contributed by atoms with Crippen LogP contribution in [0.3, 0.4) is 0 Å². The third-order valence-corrected chi connectivity index (χ3v) is 3.61. The monoisotopic (exact) mass is 313 g/mol. The molecule has 0 aliphatic rings. The predicted octanol–water partition coefficient (Wildman–Crippen LogP) is 1.35. The third kappa shape index (κ3) is 3.84. The highest BCUT2D eigenvalue weighted by atomic mass is 16.3. The molecule has 0 bridgehead atoms. The molecular weight excluding hydrogens is 294 g/mol. The fraction of sp³-hybridized carbons (Fsp3) is 0.167. The van der Waals surface area contributed by atoms with Crippen molar-refractivity contribution in [3.8, 4) is 0 Å². The summed E-state index contributed by atoms with van der Waals surface area (Å²) in [6, 6.07) is 11.9. The van der Waals surface area contributed by atoms with E-state index >= 15 is 0 Å². The number of benzene rings is 2. The molecule has 0 radical (unpaired) electrons. The quantitative estimate of drug-likeness (QED) is 0.476. The van der Waals surface area contributed by atoms with Crippen molar-refractivity contribution >= 4 is 11.5 Å². The number of nitrogens with two attached hydrogens (primary N) is 1. The minimum atomic E-state index is -0.295. The Labute approximate surface area is 134 Å². The van der Waals surface area contributed by atoms with Crippen LogP contribution in [-0.2, 0) is 19.8 Å². The van der Waals surface area contributed by atoms with Gasteiger partial charge >= 0.3 is 0 Å². The SMILES string of the molecule is NC(=CC(=O)c1ccccc1)c1cc(CO)c(CO)c(CO)c1. The highest BCUT2D eigenvalue weighted by Crippen LogP contribution is 2.22. The maximum Gasteiger partial charge on any atom is 0.187 e. The largest absolute Gasteiger partial charge is 0.398 e. The van der Waals surface area contributed by atoms with E-state index in [0.717, 1.165) is 0 Å². The number of aliphatic hydroxyl groups is 3. The summed E-state index contributed by atoms with van der Waals surface area (Å²) >= 11 is 0. The molecule has 5 nitrogen and oxygen atoms in total. The lowest BCUT2D eigenvalue weighted by Gasteiger charge is -2.13. The second kappa shape index (κ2) is 7.69. The van der Waals surface area contributed by atoms with E-state index in [1.54, 1.807) is 36.4 Å². The van der Waals surface area contributed by atoms with Crippen LogP contribution in [0, 0.1) is 0 Å². The normalized spacial score (nSPS) is 11.5. The standard InChI is InChI=1S/C18H19NO4/c19-17(8-18(23)12-4-2-1-3-5-12)13-6-14(9-20)16(11-22)15(7-13)10-21/h1-8,20-22H,9-11,19H2. The van der Waals surface area contributed by atoms with Gasteiger partial charge in [0.1, 0.15) is 0 Å². The van der Waals surface area contributed by atoms with Gasteiger partial charge < -0.3 is 21.1 Å². The first kappa shape index (κ1) is 16.9. The first-order valence-electron chi connectivity index (χ1n) is 7.14. The lowest BCUT2D eigenvalue weighted by Crippen LogP contribution is -2.07. The van der Waals surface area contributed by atoms with Gasteiger partial charge in [-0.2, -0.15) is 0 Å². The highest BCUT2D eigenvalue weighted by molar-refractivity contribution is 6.08. The van der Waals surface area contributed by atoms with Crippen LogP contribution < -0.4 is 5.73 Å². The molecule has 120 valence electrons. The molecule has 0 spiro atoms. The number of allylic oxidation sites excluding steroid dienone is 1. The lowest BCUT2D eigenvalue weighted by molar-refractivity contribution is 0.104. The highest BCUT2D eigenvalue weighted by Gasteiger charge is 2.12. The average Bonchev–Trinajstić information content (AvgIpc) is 2.60. The van der Waals surface area contributed by atoms with E-state index in [-0.39, 0.29) is 31.3 Å². The molecule has 0 aliphatic heterocycles. The van der Waals surface area contributed by atoms with Crippen LogP contribution in [0.2, 0.25) is 0 Å². The summed E-state index contributed by atoms with van der Waals surface area (Å²) in [6.07, 6.45) is 1.31. The summed E-state index contributed by atoms with van der Waals surface area (Å²) in [5.74, 6) is -0.231. The summed E-state index contributed by atoms with van der Waals surface area (Å²) in [4.78, 5) is 12.2. The van der Waals surface area contributed by atoms with Crippen LogP contribution in [0.1, 0.15) is 32.6 Å². The van der Waals surface area contributed by atoms with Crippen molar-refractivity contribution < 1.29 is 20.1 Å². The molecule has 0 saturated heterocycles. The zero-order chi connectivity index (χ0) is 16.8. The molecule has 2 rings (SSSR count). The van der Waals surface area contributed by atoms with Gasteiger partial charge in [0.05, 0.1) is 19.8 Å². The molecule has 2 aromatic rings. The smallest absolute Gasteiger partial charge is 0.187 e. The zero-order valence-corrected chi connectivity index (χ0v) is 12.6. The summed E-state index contributed by atoms with van der Waals surface area (Å²) in [5.41, 5.74) is 8.66. The van der Waals surface area contributed by atoms with Gasteiger partial charge in [0.2, 0.25) is 0 Å². The van der Waals surface area contributed by atoms with E-state index in [1.165, 1.54) is 6.08 Å². The number of carbonyl (C=O) groups excluding carboxylic acids is 1. The Morgan fingerprint density at radius 1 is 0.913 bits per heavy atom. The van der Waals surface area contributed by atoms with Crippen molar-refractivity contribution in [1.29, 1.82) is 0 Å². The molecule has 2 aromatic carbocycles. The first-order valence-corrected chi connectivity index (χ1v) is 7.14. The van der Waals surface area contributed by atoms with Gasteiger partial charge in [-0.25, -0.2) is 0 Å². The predicted molar refractivity (Wildman–Crippen MR) is 87.1 cm³/mol. The van der Waals surface area contributed by atoms with Crippen molar-refractivity contribution in [2.75, 3.05) is 0 Å². The number of rotatable bonds is 6. The molecule has 5 heteroatoms. The molecule has 0 unspecified atom stereocenters. The summed E-state index contributed by atoms with van der Waals surface area (Å²) in [7, 11) is 0. The minimum Gasteiger partial charge on any atom is -0.398 e. The Morgan fingerprint density at radius 3 is 1.96 bits per heavy atom. The van der Waals surface area contributed by atoms with Gasteiger partial charge in [-0.05, 0) is 34.4 Å². The van der Waals surface area contributed by atoms with Crippen LogP contribution in [0.4, 0.5) is 0 Å². The van der Waals surface area contributed by atoms with Crippen LogP contribution in [0.15, 0.2) is 48.5 Å². The fourth-order valence-corrected chi connectivity index (χ4v) is 2.36. The molecule has 23 heavy (non-hydrogen) atoms. The van der Waals surface area contributed by atoms with E-state index in [1.807, 2.05) is 6.07 Å². The lowest BCUT2D eigenvalue weighted by atomic mass is 9.96. The second-order valence-corrected chi connectivity index (χ2v) is 5.08. The molecule has 0 aliphatic carbocycles. The Morgan fingerprint density at radius 2 is 1.48 bits per heavy atom. The maximum absolute atomic E-state index is 12.2. The van der Waals surface area contributed by atoms with E-state index in [0.29, 0.717) is 27.8 Å². The second-order valence-electron chi connectivity index (χ2n) is 5.08. The van der Waals surface area contributed by atoms with E-state index in [4.69, 9.17) is 5.73 Å². The van der Waals surface area contributed by atoms with Gasteiger partial charge in [0.25, 0.3) is 0 Å². The van der Waals surface area contributed by atoms with Crippen LogP contribution >= 0.6 is 0 Å². The molecular formula is C18H19NO4. The topological polar surface area (TPSA) is 104 Å². The molecule has 0 atom stereocenters. The first-order chi connectivity index (χ1) is 11.1. The molecule has 0 aromatic heterocycles. The van der Waals surface area contributed by atoms with Gasteiger partial charge in [-0.3, -0.25) is 4.79 Å². The van der Waals surface area contributed by atoms with Crippen molar-refractivity contribution in [2.24, 2.45) is 5.73 Å². The molecule has 0 saturated carbocycles. The van der Waals surface area contributed by atoms with Gasteiger partial charge in [0, 0.05) is 17.3 Å². The maximum atomic E-state index is 12.2. The number of aliphatic hydroxyl groups excluding tert-OH is 3. The minimum absolute atomic E-state index is 0.229. The Balaban J connectivity index is 2.41. The van der Waals surface area contributed by atoms with Gasteiger partial charge in [-0.1, -0.05) is 30.3 Å². The third-order valence-electron chi connectivity index (χ3n) is 3.61. The van der Waals surface area contributed by atoms with E-state index in [2.05, 4.69) is 0 Å². The summed E-state index contributed by atoms with van der Waals surface area (Å²) < 4.78 is 0. The van der Waals surface area contributed by atoms with E-state index in [9.17, 15) is 20.1 Å². The fourth-order valence-electron chi connectivity index (χ4n) is 2.36. The number of hydrogen-bond acceptors (Lipinski definition) is 5. The molecule has 0 fully saturated rings. The van der Waals surface area contributed by atoms with Crippen LogP contribution in [0.5, 0.6) is 0 Å². The molecule has 5 N–H and O–H groups in total. The molecule has 0 amide bonds. The molecule has 0 heterocycles. The summed E-state index contributed by atoms with van der Waals surface area (Å²) in [5, 5.41) is 28.2. The van der Waals surface area contributed by atoms with E-state index < -0.39 is 0 Å². The Kier molecular flexibility index (Phi) is 5.65. The van der Waals surface area contributed by atoms with Crippen LogP contribution in [0.25, 0.3) is 5.70 Å². The van der Waals surface area contributed by atoms with Crippen LogP contribution in [-0.4, -0.2) is 21.1 Å². The Hall–Kier alpha value is -2.47. The zero-order valence-electron chi connectivity index (χ0n) is 12.6. The Bertz CT molecular complexity index is 698. The average molecular weight is 313 g/mol. The van der Waals surface area contributed by atoms with Crippen molar-refractivity contribution in [2.45, 2.75) is 19.8 Å². The number of ketones is 1.